The molecular weight excluding hydrogens is 392 g/mol. The Morgan fingerprint density at radius 1 is 1.14 bits per heavy atom. The van der Waals surface area contributed by atoms with E-state index >= 15 is 0 Å². The lowest BCUT2D eigenvalue weighted by molar-refractivity contribution is -0.122. The summed E-state index contributed by atoms with van der Waals surface area (Å²) in [4.78, 5) is 39.7. The van der Waals surface area contributed by atoms with Crippen LogP contribution in [0, 0.1) is 0 Å². The smallest absolute Gasteiger partial charge is 0.328 e. The van der Waals surface area contributed by atoms with Gasteiger partial charge in [-0.05, 0) is 43.4 Å². The molecule has 1 aromatic carbocycles. The number of halogens is 1. The van der Waals surface area contributed by atoms with Crippen LogP contribution in [0.3, 0.4) is 0 Å². The van der Waals surface area contributed by atoms with Gasteiger partial charge in [-0.1, -0.05) is 23.7 Å². The van der Waals surface area contributed by atoms with Crippen LogP contribution >= 0.6 is 11.6 Å². The van der Waals surface area contributed by atoms with E-state index in [1.165, 1.54) is 35.2 Å². The van der Waals surface area contributed by atoms with Crippen molar-refractivity contribution in [2.24, 2.45) is 0 Å². The van der Waals surface area contributed by atoms with Gasteiger partial charge in [0.15, 0.2) is 0 Å². The van der Waals surface area contributed by atoms with Crippen molar-refractivity contribution in [1.29, 1.82) is 0 Å². The zero-order valence-electron chi connectivity index (χ0n) is 16.2. The first-order valence-corrected chi connectivity index (χ1v) is 10.4. The molecule has 2 fully saturated rings. The fraction of sp³-hybridized carbons (Fsp3) is 0.476. The average molecular weight is 417 g/mol. The van der Waals surface area contributed by atoms with Gasteiger partial charge in [0, 0.05) is 48.4 Å². The first-order valence-electron chi connectivity index (χ1n) is 10.0. The monoisotopic (exact) mass is 416 g/mol. The van der Waals surface area contributed by atoms with E-state index in [2.05, 4.69) is 27.3 Å². The first kappa shape index (κ1) is 19.9. The molecule has 29 heavy (non-hydrogen) atoms. The lowest BCUT2D eigenvalue weighted by Crippen LogP contribution is -2.47. The van der Waals surface area contributed by atoms with Gasteiger partial charge in [0.1, 0.15) is 6.54 Å². The Labute approximate surface area is 173 Å². The third kappa shape index (κ3) is 4.79. The molecule has 7 nitrogen and oxygen atoms in total. The standard InChI is InChI=1S/C21H25ClN4O3/c22-16-3-1-15(2-4-16)21(8-9-21)14-25-10-5-17(6-11-25)23-19(28)13-26-12-7-18(27)24-20(26)29/h1-4,7,12,17H,5-6,8-11,13-14H2,(H,23,28)(H,24,27,29). The lowest BCUT2D eigenvalue weighted by Gasteiger charge is -2.35. The molecule has 8 heteroatoms. The minimum atomic E-state index is -0.570. The average Bonchev–Trinajstić information content (AvgIpc) is 3.47. The number of aromatic nitrogens is 2. The van der Waals surface area contributed by atoms with Gasteiger partial charge in [-0.15, -0.1) is 0 Å². The number of piperidine rings is 1. The number of amides is 1. The van der Waals surface area contributed by atoms with Gasteiger partial charge in [-0.3, -0.25) is 19.1 Å². The summed E-state index contributed by atoms with van der Waals surface area (Å²) in [5.41, 5.74) is 0.584. The highest BCUT2D eigenvalue weighted by Crippen LogP contribution is 2.49. The van der Waals surface area contributed by atoms with Crippen LogP contribution < -0.4 is 16.6 Å². The number of carbonyl (C=O) groups is 1. The van der Waals surface area contributed by atoms with Crippen LogP contribution in [-0.2, 0) is 16.8 Å². The van der Waals surface area contributed by atoms with Gasteiger partial charge in [0.05, 0.1) is 0 Å². The number of hydrogen-bond donors (Lipinski definition) is 2. The first-order chi connectivity index (χ1) is 13.9. The molecule has 0 radical (unpaired) electrons. The summed E-state index contributed by atoms with van der Waals surface area (Å²) < 4.78 is 1.20. The minimum Gasteiger partial charge on any atom is -0.352 e. The number of nitrogens with one attached hydrogen (secondary N) is 2. The van der Waals surface area contributed by atoms with Gasteiger partial charge in [0.2, 0.25) is 5.91 Å². The van der Waals surface area contributed by atoms with Crippen molar-refractivity contribution in [2.75, 3.05) is 19.6 Å². The van der Waals surface area contributed by atoms with E-state index in [0.717, 1.165) is 37.5 Å². The van der Waals surface area contributed by atoms with Gasteiger partial charge in [0.25, 0.3) is 5.56 Å². The maximum absolute atomic E-state index is 12.3. The van der Waals surface area contributed by atoms with Crippen LogP contribution in [0.25, 0.3) is 0 Å². The number of aromatic amines is 1. The molecule has 154 valence electrons. The van der Waals surface area contributed by atoms with Gasteiger partial charge >= 0.3 is 5.69 Å². The number of rotatable bonds is 6. The van der Waals surface area contributed by atoms with Crippen LogP contribution in [0.4, 0.5) is 0 Å². The molecule has 1 aromatic heterocycles. The van der Waals surface area contributed by atoms with Crippen LogP contribution in [0.2, 0.25) is 5.02 Å². The molecule has 0 bridgehead atoms. The summed E-state index contributed by atoms with van der Waals surface area (Å²) >= 11 is 6.02. The molecular formula is C21H25ClN4O3. The molecule has 0 unspecified atom stereocenters. The zero-order chi connectivity index (χ0) is 20.4. The van der Waals surface area contributed by atoms with E-state index in [0.29, 0.717) is 0 Å². The Kier molecular flexibility index (Phi) is 5.61. The predicted octanol–water partition coefficient (Wildman–Crippen LogP) is 1.50. The van der Waals surface area contributed by atoms with Crippen molar-refractivity contribution < 1.29 is 4.79 Å². The van der Waals surface area contributed by atoms with Gasteiger partial charge in [-0.2, -0.15) is 0 Å². The third-order valence-electron chi connectivity index (χ3n) is 6.00. The zero-order valence-corrected chi connectivity index (χ0v) is 17.0. The molecule has 1 aliphatic carbocycles. The second kappa shape index (κ2) is 8.16. The van der Waals surface area contributed by atoms with Crippen molar-refractivity contribution in [2.45, 2.75) is 43.7 Å². The summed E-state index contributed by atoms with van der Waals surface area (Å²) in [6.07, 6.45) is 5.54. The molecule has 2 N–H and O–H groups in total. The number of H-pyrrole nitrogens is 1. The highest BCUT2D eigenvalue weighted by atomic mass is 35.5. The number of nitrogens with zero attached hydrogens (tertiary/aromatic N) is 2. The topological polar surface area (TPSA) is 87.2 Å². The van der Waals surface area contributed by atoms with Crippen LogP contribution in [-0.4, -0.2) is 46.0 Å². The van der Waals surface area contributed by atoms with E-state index in [1.54, 1.807) is 0 Å². The summed E-state index contributed by atoms with van der Waals surface area (Å²) in [7, 11) is 0. The molecule has 0 atom stereocenters. The molecule has 1 aliphatic heterocycles. The highest BCUT2D eigenvalue weighted by Gasteiger charge is 2.45. The second-order valence-electron chi connectivity index (χ2n) is 8.14. The SMILES string of the molecule is O=C(Cn1ccc(=O)[nH]c1=O)NC1CCN(CC2(c3ccc(Cl)cc3)CC2)CC1. The molecule has 1 saturated heterocycles. The molecule has 1 amide bonds. The van der Waals surface area contributed by atoms with Crippen molar-refractivity contribution in [3.05, 3.63) is 68.0 Å². The second-order valence-corrected chi connectivity index (χ2v) is 8.58. The van der Waals surface area contributed by atoms with E-state index in [1.807, 2.05) is 12.1 Å². The van der Waals surface area contributed by atoms with Gasteiger partial charge in [-0.25, -0.2) is 4.79 Å². The molecule has 2 heterocycles. The Bertz CT molecular complexity index is 986. The molecule has 4 rings (SSSR count). The maximum atomic E-state index is 12.3. The number of hydrogen-bond acceptors (Lipinski definition) is 4. The number of likely N-dealkylation sites (tertiary alicyclic amines) is 1. The van der Waals surface area contributed by atoms with Crippen LogP contribution in [0.5, 0.6) is 0 Å². The summed E-state index contributed by atoms with van der Waals surface area (Å²) in [5.74, 6) is -0.211. The van der Waals surface area contributed by atoms with Crippen molar-refractivity contribution in [3.8, 4) is 0 Å². The minimum absolute atomic E-state index is 0.0878. The molecule has 2 aromatic rings. The fourth-order valence-corrected chi connectivity index (χ4v) is 4.28. The summed E-state index contributed by atoms with van der Waals surface area (Å²) in [6.45, 7) is 2.84. The van der Waals surface area contributed by atoms with Crippen LogP contribution in [0.1, 0.15) is 31.2 Å². The Hall–Kier alpha value is -2.38. The highest BCUT2D eigenvalue weighted by molar-refractivity contribution is 6.30. The number of carbonyl (C=O) groups excluding carboxylic acids is 1. The van der Waals surface area contributed by atoms with E-state index in [-0.39, 0.29) is 23.9 Å². The predicted molar refractivity (Wildman–Crippen MR) is 111 cm³/mol. The lowest BCUT2D eigenvalue weighted by atomic mass is 9.94. The van der Waals surface area contributed by atoms with E-state index < -0.39 is 11.2 Å². The molecule has 1 saturated carbocycles. The largest absolute Gasteiger partial charge is 0.352 e. The number of benzene rings is 1. The fourth-order valence-electron chi connectivity index (χ4n) is 4.15. The van der Waals surface area contributed by atoms with E-state index in [9.17, 15) is 14.4 Å². The van der Waals surface area contributed by atoms with Crippen molar-refractivity contribution >= 4 is 17.5 Å². The van der Waals surface area contributed by atoms with E-state index in [4.69, 9.17) is 11.6 Å². The maximum Gasteiger partial charge on any atom is 0.328 e. The quantitative estimate of drug-likeness (QED) is 0.747. The Morgan fingerprint density at radius 3 is 2.45 bits per heavy atom. The molecule has 2 aliphatic rings. The third-order valence-corrected chi connectivity index (χ3v) is 6.25. The normalized spacial score (nSPS) is 19.1. The Morgan fingerprint density at radius 2 is 1.83 bits per heavy atom. The van der Waals surface area contributed by atoms with Crippen LogP contribution in [0.15, 0.2) is 46.1 Å². The van der Waals surface area contributed by atoms with Crippen molar-refractivity contribution in [1.82, 2.24) is 19.8 Å². The van der Waals surface area contributed by atoms with Crippen molar-refractivity contribution in [3.63, 3.8) is 0 Å². The molecule has 0 spiro atoms. The van der Waals surface area contributed by atoms with Gasteiger partial charge < -0.3 is 10.2 Å². The summed E-state index contributed by atoms with van der Waals surface area (Å²) in [5, 5.41) is 3.78. The summed E-state index contributed by atoms with van der Waals surface area (Å²) in [6, 6.07) is 9.56. The Balaban J connectivity index is 1.26.